The van der Waals surface area contributed by atoms with Crippen LogP contribution < -0.4 is 10.1 Å². The number of likely N-dealkylation sites (tertiary alicyclic amines) is 1. The molecule has 0 spiro atoms. The first-order chi connectivity index (χ1) is 18.2. The number of carboxylic acid groups (broad SMARTS) is 1. The Labute approximate surface area is 230 Å². The molecule has 1 saturated carbocycles. The van der Waals surface area contributed by atoms with Crippen molar-refractivity contribution in [1.29, 1.82) is 0 Å². The SMILES string of the molecule is COc1cc(Cl)ccc1CNC1C(c2ccccc2)N(C(=O)C2CCCCC2)C(C(=O)O)C1C(C)(C)OC. The number of nitrogens with one attached hydrogen (secondary N) is 1. The standard InChI is InChI=1S/C30H39ClN2O5/c1-30(2,38-4)24-25(32-18-21-15-16-22(31)17-23(21)37-3)26(19-11-7-5-8-12-19)33(27(24)29(35)36)28(34)20-13-9-6-10-14-20/h5,7-8,11-12,15-17,20,24-27,32H,6,9-10,13-14,18H2,1-4H3,(H,35,36). The van der Waals surface area contributed by atoms with Crippen LogP contribution in [0, 0.1) is 11.8 Å². The molecular weight excluding hydrogens is 504 g/mol. The van der Waals surface area contributed by atoms with E-state index in [1.165, 1.54) is 0 Å². The molecule has 4 atom stereocenters. The van der Waals surface area contributed by atoms with E-state index in [1.807, 2.05) is 50.2 Å². The molecule has 38 heavy (non-hydrogen) atoms. The summed E-state index contributed by atoms with van der Waals surface area (Å²) in [6.07, 6.45) is 4.68. The fraction of sp³-hybridized carbons (Fsp3) is 0.533. The minimum atomic E-state index is -1.05. The molecule has 1 saturated heterocycles. The zero-order chi connectivity index (χ0) is 27.4. The average Bonchev–Trinajstić information content (AvgIpc) is 3.29. The summed E-state index contributed by atoms with van der Waals surface area (Å²) in [4.78, 5) is 28.8. The van der Waals surface area contributed by atoms with Gasteiger partial charge in [-0.2, -0.15) is 0 Å². The van der Waals surface area contributed by atoms with Gasteiger partial charge in [0.25, 0.3) is 0 Å². The third-order valence-corrected chi connectivity index (χ3v) is 8.61. The van der Waals surface area contributed by atoms with Crippen molar-refractivity contribution in [2.75, 3.05) is 14.2 Å². The highest BCUT2D eigenvalue weighted by Gasteiger charge is 2.59. The summed E-state index contributed by atoms with van der Waals surface area (Å²) in [6.45, 7) is 4.21. The van der Waals surface area contributed by atoms with Crippen molar-refractivity contribution < 1.29 is 24.2 Å². The number of hydrogen-bond acceptors (Lipinski definition) is 5. The first-order valence-electron chi connectivity index (χ1n) is 13.4. The third kappa shape index (κ3) is 5.70. The second-order valence-corrected chi connectivity index (χ2v) is 11.4. The van der Waals surface area contributed by atoms with Gasteiger partial charge < -0.3 is 24.8 Å². The van der Waals surface area contributed by atoms with E-state index in [4.69, 9.17) is 21.1 Å². The highest BCUT2D eigenvalue weighted by molar-refractivity contribution is 6.30. The number of aliphatic carboxylic acids is 1. The van der Waals surface area contributed by atoms with Crippen LogP contribution in [0.15, 0.2) is 48.5 Å². The van der Waals surface area contributed by atoms with E-state index in [2.05, 4.69) is 5.32 Å². The second-order valence-electron chi connectivity index (χ2n) is 10.9. The molecule has 1 amide bonds. The number of nitrogens with zero attached hydrogens (tertiary/aromatic N) is 1. The Morgan fingerprint density at radius 1 is 1.08 bits per heavy atom. The van der Waals surface area contributed by atoms with Crippen molar-refractivity contribution in [1.82, 2.24) is 10.2 Å². The number of carboxylic acids is 1. The van der Waals surface area contributed by atoms with E-state index in [0.29, 0.717) is 17.3 Å². The quantitative estimate of drug-likeness (QED) is 0.437. The minimum absolute atomic E-state index is 0.0729. The summed E-state index contributed by atoms with van der Waals surface area (Å²) in [6, 6.07) is 13.3. The normalized spacial score (nSPS) is 24.4. The maximum absolute atomic E-state index is 14.2. The molecular formula is C30H39ClN2O5. The highest BCUT2D eigenvalue weighted by Crippen LogP contribution is 2.47. The molecule has 1 aliphatic heterocycles. The number of carbonyl (C=O) groups excluding carboxylic acids is 1. The maximum Gasteiger partial charge on any atom is 0.326 e. The van der Waals surface area contributed by atoms with Gasteiger partial charge in [0.2, 0.25) is 5.91 Å². The number of rotatable bonds is 9. The van der Waals surface area contributed by atoms with Crippen LogP contribution in [-0.2, 0) is 20.9 Å². The summed E-state index contributed by atoms with van der Waals surface area (Å²) >= 11 is 6.18. The molecule has 2 fully saturated rings. The third-order valence-electron chi connectivity index (χ3n) is 8.38. The fourth-order valence-electron chi connectivity index (χ4n) is 6.32. The van der Waals surface area contributed by atoms with Crippen molar-refractivity contribution in [3.63, 3.8) is 0 Å². The van der Waals surface area contributed by atoms with Gasteiger partial charge in [-0.25, -0.2) is 4.79 Å². The lowest BCUT2D eigenvalue weighted by Gasteiger charge is -2.37. The van der Waals surface area contributed by atoms with E-state index >= 15 is 0 Å². The zero-order valence-corrected chi connectivity index (χ0v) is 23.4. The number of benzene rings is 2. The number of ether oxygens (including phenoxy) is 2. The van der Waals surface area contributed by atoms with E-state index < -0.39 is 35.6 Å². The summed E-state index contributed by atoms with van der Waals surface area (Å²) in [7, 11) is 3.20. The molecule has 4 unspecified atom stereocenters. The van der Waals surface area contributed by atoms with Gasteiger partial charge in [-0.15, -0.1) is 0 Å². The monoisotopic (exact) mass is 542 g/mol. The lowest BCUT2D eigenvalue weighted by molar-refractivity contribution is -0.156. The summed E-state index contributed by atoms with van der Waals surface area (Å²) in [5, 5.41) is 14.8. The molecule has 7 nitrogen and oxygen atoms in total. The van der Waals surface area contributed by atoms with Crippen LogP contribution >= 0.6 is 11.6 Å². The first kappa shape index (κ1) is 28.4. The van der Waals surface area contributed by atoms with Gasteiger partial charge in [0.1, 0.15) is 11.8 Å². The number of methoxy groups -OCH3 is 2. The Morgan fingerprint density at radius 2 is 1.76 bits per heavy atom. The molecule has 2 aliphatic rings. The first-order valence-corrected chi connectivity index (χ1v) is 13.8. The number of carbonyl (C=O) groups is 2. The smallest absolute Gasteiger partial charge is 0.326 e. The molecule has 0 bridgehead atoms. The number of amides is 1. The zero-order valence-electron chi connectivity index (χ0n) is 22.7. The molecule has 1 aliphatic carbocycles. The second kappa shape index (κ2) is 12.1. The summed E-state index contributed by atoms with van der Waals surface area (Å²) in [5.74, 6) is -1.14. The van der Waals surface area contributed by atoms with Gasteiger partial charge in [0, 0.05) is 42.1 Å². The van der Waals surface area contributed by atoms with Gasteiger partial charge in [0.15, 0.2) is 0 Å². The molecule has 1 heterocycles. The van der Waals surface area contributed by atoms with Gasteiger partial charge in [-0.3, -0.25) is 4.79 Å². The van der Waals surface area contributed by atoms with Crippen LogP contribution in [0.3, 0.4) is 0 Å². The highest BCUT2D eigenvalue weighted by atomic mass is 35.5. The van der Waals surface area contributed by atoms with Crippen LogP contribution in [-0.4, -0.2) is 53.8 Å². The maximum atomic E-state index is 14.2. The van der Waals surface area contributed by atoms with Crippen molar-refractivity contribution in [3.8, 4) is 5.75 Å². The lowest BCUT2D eigenvalue weighted by Crippen LogP contribution is -2.53. The minimum Gasteiger partial charge on any atom is -0.496 e. The lowest BCUT2D eigenvalue weighted by atomic mass is 9.79. The summed E-state index contributed by atoms with van der Waals surface area (Å²) in [5.41, 5.74) is 0.957. The molecule has 2 aromatic rings. The van der Waals surface area contributed by atoms with Crippen molar-refractivity contribution >= 4 is 23.5 Å². The predicted molar refractivity (Wildman–Crippen MR) is 147 cm³/mol. The topological polar surface area (TPSA) is 88.1 Å². The molecule has 0 aromatic heterocycles. The van der Waals surface area contributed by atoms with E-state index in [1.54, 1.807) is 31.3 Å². The van der Waals surface area contributed by atoms with Crippen LogP contribution in [0.1, 0.15) is 63.1 Å². The van der Waals surface area contributed by atoms with Crippen molar-refractivity contribution in [3.05, 3.63) is 64.7 Å². The van der Waals surface area contributed by atoms with Gasteiger partial charge in [-0.05, 0) is 44.4 Å². The Hall–Kier alpha value is -2.61. The number of halogens is 1. The predicted octanol–water partition coefficient (Wildman–Crippen LogP) is 5.47. The van der Waals surface area contributed by atoms with Gasteiger partial charge >= 0.3 is 5.97 Å². The molecule has 8 heteroatoms. The summed E-state index contributed by atoms with van der Waals surface area (Å²) < 4.78 is 11.5. The Balaban J connectivity index is 1.82. The molecule has 2 aromatic carbocycles. The average molecular weight is 543 g/mol. The van der Waals surface area contributed by atoms with Crippen molar-refractivity contribution in [2.45, 2.75) is 76.2 Å². The molecule has 2 N–H and O–H groups in total. The van der Waals surface area contributed by atoms with Crippen LogP contribution in [0.5, 0.6) is 5.75 Å². The molecule has 206 valence electrons. The Morgan fingerprint density at radius 3 is 2.37 bits per heavy atom. The molecule has 0 radical (unpaired) electrons. The van der Waals surface area contributed by atoms with Crippen molar-refractivity contribution in [2.24, 2.45) is 11.8 Å². The van der Waals surface area contributed by atoms with E-state index in [9.17, 15) is 14.7 Å². The van der Waals surface area contributed by atoms with Gasteiger partial charge in [-0.1, -0.05) is 67.3 Å². The van der Waals surface area contributed by atoms with Gasteiger partial charge in [0.05, 0.1) is 18.8 Å². The largest absolute Gasteiger partial charge is 0.496 e. The van der Waals surface area contributed by atoms with Crippen LogP contribution in [0.2, 0.25) is 5.02 Å². The van der Waals surface area contributed by atoms with E-state index in [0.717, 1.165) is 43.2 Å². The Kier molecular flexibility index (Phi) is 9.01. The molecule has 4 rings (SSSR count). The van der Waals surface area contributed by atoms with E-state index in [-0.39, 0.29) is 11.8 Å². The fourth-order valence-corrected chi connectivity index (χ4v) is 6.48. The van der Waals surface area contributed by atoms with Crippen LogP contribution in [0.4, 0.5) is 0 Å². The van der Waals surface area contributed by atoms with Crippen LogP contribution in [0.25, 0.3) is 0 Å². The Bertz CT molecular complexity index is 1120. The number of hydrogen-bond donors (Lipinski definition) is 2.